The lowest BCUT2D eigenvalue weighted by atomic mass is 10.2. The summed E-state index contributed by atoms with van der Waals surface area (Å²) in [5, 5.41) is 2.64. The van der Waals surface area contributed by atoms with Crippen LogP contribution in [0.25, 0.3) is 0 Å². The van der Waals surface area contributed by atoms with Gasteiger partial charge in [0.05, 0.1) is 0 Å². The standard InChI is InChI=1S/C13H17N3O2.C2H6/c1-11(18)15-5-7-16(8-6-15)13-4-2-3-12(9-13)14-10-17;1-2/h2-4,9-10H,5-8H2,1H3,(H,14,17);1-2H3. The Morgan fingerprint density at radius 2 is 1.85 bits per heavy atom. The summed E-state index contributed by atoms with van der Waals surface area (Å²) in [6.07, 6.45) is 0.673. The van der Waals surface area contributed by atoms with Gasteiger partial charge in [-0.3, -0.25) is 9.59 Å². The molecule has 0 aliphatic carbocycles. The van der Waals surface area contributed by atoms with Crippen LogP contribution in [0.1, 0.15) is 20.8 Å². The van der Waals surface area contributed by atoms with Gasteiger partial charge < -0.3 is 15.1 Å². The molecular weight excluding hydrogens is 254 g/mol. The predicted octanol–water partition coefficient (Wildman–Crippen LogP) is 1.95. The Bertz CT molecular complexity index is 440. The monoisotopic (exact) mass is 277 g/mol. The minimum Gasteiger partial charge on any atom is -0.368 e. The Hall–Kier alpha value is -2.04. The molecule has 1 aliphatic heterocycles. The summed E-state index contributed by atoms with van der Waals surface area (Å²) in [5.74, 6) is 0.131. The molecule has 5 heteroatoms. The average molecular weight is 277 g/mol. The van der Waals surface area contributed by atoms with Crippen molar-refractivity contribution in [2.75, 3.05) is 36.4 Å². The molecule has 20 heavy (non-hydrogen) atoms. The number of nitrogens with zero attached hydrogens (tertiary/aromatic N) is 2. The number of carbonyl (C=O) groups is 2. The summed E-state index contributed by atoms with van der Waals surface area (Å²) in [7, 11) is 0. The maximum absolute atomic E-state index is 11.2. The minimum absolute atomic E-state index is 0.131. The van der Waals surface area contributed by atoms with Crippen LogP contribution in [0.2, 0.25) is 0 Å². The summed E-state index contributed by atoms with van der Waals surface area (Å²) in [6, 6.07) is 7.72. The van der Waals surface area contributed by atoms with Crippen LogP contribution in [0.5, 0.6) is 0 Å². The predicted molar refractivity (Wildman–Crippen MR) is 81.9 cm³/mol. The van der Waals surface area contributed by atoms with Crippen LogP contribution in [-0.2, 0) is 9.59 Å². The number of benzene rings is 1. The lowest BCUT2D eigenvalue weighted by Gasteiger charge is -2.35. The fraction of sp³-hybridized carbons (Fsp3) is 0.467. The first-order chi connectivity index (χ1) is 9.70. The fourth-order valence-corrected chi connectivity index (χ4v) is 2.14. The van der Waals surface area contributed by atoms with Crippen molar-refractivity contribution in [2.24, 2.45) is 0 Å². The van der Waals surface area contributed by atoms with Crippen LogP contribution < -0.4 is 10.2 Å². The number of nitrogens with one attached hydrogen (secondary N) is 1. The lowest BCUT2D eigenvalue weighted by Crippen LogP contribution is -2.48. The zero-order valence-electron chi connectivity index (χ0n) is 12.4. The number of piperazine rings is 1. The topological polar surface area (TPSA) is 52.7 Å². The first-order valence-corrected chi connectivity index (χ1v) is 7.01. The van der Waals surface area contributed by atoms with E-state index in [9.17, 15) is 9.59 Å². The van der Waals surface area contributed by atoms with E-state index in [0.717, 1.165) is 37.6 Å². The highest BCUT2D eigenvalue weighted by atomic mass is 16.2. The third-order valence-electron chi connectivity index (χ3n) is 3.16. The van der Waals surface area contributed by atoms with E-state index >= 15 is 0 Å². The van der Waals surface area contributed by atoms with Crippen LogP contribution in [0, 0.1) is 0 Å². The van der Waals surface area contributed by atoms with Gasteiger partial charge in [-0.2, -0.15) is 0 Å². The van der Waals surface area contributed by atoms with Crippen LogP contribution >= 0.6 is 0 Å². The second-order valence-electron chi connectivity index (χ2n) is 4.31. The molecule has 1 aromatic carbocycles. The summed E-state index contributed by atoms with van der Waals surface area (Å²) in [5.41, 5.74) is 1.86. The second-order valence-corrected chi connectivity index (χ2v) is 4.31. The van der Waals surface area contributed by atoms with E-state index in [1.165, 1.54) is 0 Å². The smallest absolute Gasteiger partial charge is 0.219 e. The van der Waals surface area contributed by atoms with Gasteiger partial charge in [0.15, 0.2) is 0 Å². The lowest BCUT2D eigenvalue weighted by molar-refractivity contribution is -0.129. The van der Waals surface area contributed by atoms with E-state index in [0.29, 0.717) is 6.41 Å². The molecule has 0 saturated carbocycles. The number of hydrogen-bond acceptors (Lipinski definition) is 3. The number of amides is 2. The van der Waals surface area contributed by atoms with Crippen molar-refractivity contribution in [3.63, 3.8) is 0 Å². The molecule has 110 valence electrons. The summed E-state index contributed by atoms with van der Waals surface area (Å²) >= 11 is 0. The maximum atomic E-state index is 11.2. The first kappa shape index (κ1) is 16.0. The highest BCUT2D eigenvalue weighted by Crippen LogP contribution is 2.20. The average Bonchev–Trinajstić information content (AvgIpc) is 2.50. The molecule has 0 radical (unpaired) electrons. The molecule has 1 saturated heterocycles. The van der Waals surface area contributed by atoms with Gasteiger partial charge in [-0.25, -0.2) is 0 Å². The van der Waals surface area contributed by atoms with Gasteiger partial charge in [0.2, 0.25) is 12.3 Å². The SMILES string of the molecule is CC.CC(=O)N1CCN(c2cccc(NC=O)c2)CC1. The highest BCUT2D eigenvalue weighted by Gasteiger charge is 2.18. The van der Waals surface area contributed by atoms with Crippen molar-refractivity contribution in [3.05, 3.63) is 24.3 Å². The second kappa shape index (κ2) is 8.19. The van der Waals surface area contributed by atoms with Crippen molar-refractivity contribution in [3.8, 4) is 0 Å². The highest BCUT2D eigenvalue weighted by molar-refractivity contribution is 5.74. The fourth-order valence-electron chi connectivity index (χ4n) is 2.14. The Labute approximate surface area is 120 Å². The van der Waals surface area contributed by atoms with Crippen molar-refractivity contribution in [1.82, 2.24) is 4.90 Å². The van der Waals surface area contributed by atoms with Gasteiger partial charge in [-0.05, 0) is 18.2 Å². The summed E-state index contributed by atoms with van der Waals surface area (Å²) < 4.78 is 0. The van der Waals surface area contributed by atoms with Crippen LogP contribution in [0.3, 0.4) is 0 Å². The van der Waals surface area contributed by atoms with E-state index in [1.54, 1.807) is 6.92 Å². The largest absolute Gasteiger partial charge is 0.368 e. The molecular formula is C15H23N3O2. The number of carbonyl (C=O) groups excluding carboxylic acids is 2. The Morgan fingerprint density at radius 3 is 2.40 bits per heavy atom. The van der Waals surface area contributed by atoms with Crippen molar-refractivity contribution in [2.45, 2.75) is 20.8 Å². The van der Waals surface area contributed by atoms with E-state index in [2.05, 4.69) is 10.2 Å². The molecule has 0 spiro atoms. The van der Waals surface area contributed by atoms with Crippen molar-refractivity contribution < 1.29 is 9.59 Å². The molecule has 0 atom stereocenters. The molecule has 1 heterocycles. The Balaban J connectivity index is 0.000000956. The third kappa shape index (κ3) is 4.26. The molecule has 1 fully saturated rings. The zero-order valence-corrected chi connectivity index (χ0v) is 12.4. The zero-order chi connectivity index (χ0) is 15.0. The van der Waals surface area contributed by atoms with E-state index < -0.39 is 0 Å². The van der Waals surface area contributed by atoms with Gasteiger partial charge in [-0.15, -0.1) is 0 Å². The number of hydrogen-bond donors (Lipinski definition) is 1. The Kier molecular flexibility index (Phi) is 6.56. The quantitative estimate of drug-likeness (QED) is 0.859. The van der Waals surface area contributed by atoms with Crippen molar-refractivity contribution in [1.29, 1.82) is 0 Å². The minimum atomic E-state index is 0.131. The van der Waals surface area contributed by atoms with Crippen LogP contribution in [0.15, 0.2) is 24.3 Å². The van der Waals surface area contributed by atoms with Gasteiger partial charge >= 0.3 is 0 Å². The van der Waals surface area contributed by atoms with Crippen LogP contribution in [-0.4, -0.2) is 43.4 Å². The van der Waals surface area contributed by atoms with E-state index in [1.807, 2.05) is 43.0 Å². The third-order valence-corrected chi connectivity index (χ3v) is 3.16. The molecule has 1 N–H and O–H groups in total. The number of rotatable bonds is 3. The molecule has 2 rings (SSSR count). The molecule has 0 bridgehead atoms. The molecule has 0 aromatic heterocycles. The first-order valence-electron chi connectivity index (χ1n) is 7.01. The van der Waals surface area contributed by atoms with E-state index in [4.69, 9.17) is 0 Å². The normalized spacial score (nSPS) is 14.2. The maximum Gasteiger partial charge on any atom is 0.219 e. The van der Waals surface area contributed by atoms with Crippen molar-refractivity contribution >= 4 is 23.7 Å². The van der Waals surface area contributed by atoms with Gasteiger partial charge in [0.25, 0.3) is 0 Å². The van der Waals surface area contributed by atoms with Gasteiger partial charge in [0.1, 0.15) is 0 Å². The molecule has 2 amide bonds. The molecule has 1 aromatic rings. The molecule has 5 nitrogen and oxygen atoms in total. The summed E-state index contributed by atoms with van der Waals surface area (Å²) in [6.45, 7) is 8.75. The molecule has 0 unspecified atom stereocenters. The van der Waals surface area contributed by atoms with E-state index in [-0.39, 0.29) is 5.91 Å². The van der Waals surface area contributed by atoms with Crippen LogP contribution in [0.4, 0.5) is 11.4 Å². The summed E-state index contributed by atoms with van der Waals surface area (Å²) in [4.78, 5) is 25.7. The molecule has 1 aliphatic rings. The van der Waals surface area contributed by atoms with Gasteiger partial charge in [0, 0.05) is 44.5 Å². The Morgan fingerprint density at radius 1 is 1.20 bits per heavy atom. The number of anilines is 2. The van der Waals surface area contributed by atoms with Gasteiger partial charge in [-0.1, -0.05) is 19.9 Å².